The van der Waals surface area contributed by atoms with Gasteiger partial charge in [0.15, 0.2) is 0 Å². The molecular formula is C22H22N4O2. The van der Waals surface area contributed by atoms with Gasteiger partial charge in [-0.1, -0.05) is 30.3 Å². The molecule has 1 saturated heterocycles. The third kappa shape index (κ3) is 4.28. The third-order valence-corrected chi connectivity index (χ3v) is 4.64. The summed E-state index contributed by atoms with van der Waals surface area (Å²) in [6, 6.07) is 16.5. The number of rotatable bonds is 5. The number of carbonyl (C=O) groups is 1. The van der Waals surface area contributed by atoms with Crippen molar-refractivity contribution >= 4 is 17.5 Å². The highest BCUT2D eigenvalue weighted by molar-refractivity contribution is 6.06. The van der Waals surface area contributed by atoms with Crippen molar-refractivity contribution in [2.45, 2.75) is 19.3 Å². The smallest absolute Gasteiger partial charge is 0.259 e. The first kappa shape index (κ1) is 18.0. The van der Waals surface area contributed by atoms with E-state index in [1.165, 1.54) is 19.3 Å². The van der Waals surface area contributed by atoms with Crippen molar-refractivity contribution in [3.05, 3.63) is 72.6 Å². The Bertz CT molecular complexity index is 923. The Morgan fingerprint density at radius 2 is 1.57 bits per heavy atom. The molecule has 2 aromatic carbocycles. The van der Waals surface area contributed by atoms with Crippen molar-refractivity contribution < 1.29 is 9.53 Å². The van der Waals surface area contributed by atoms with Crippen molar-refractivity contribution in [1.29, 1.82) is 0 Å². The molecule has 28 heavy (non-hydrogen) atoms. The highest BCUT2D eigenvalue weighted by Crippen LogP contribution is 2.26. The molecule has 2 heterocycles. The Labute approximate surface area is 164 Å². The van der Waals surface area contributed by atoms with Gasteiger partial charge in [-0.2, -0.15) is 0 Å². The van der Waals surface area contributed by atoms with Gasteiger partial charge in [0, 0.05) is 13.1 Å². The summed E-state index contributed by atoms with van der Waals surface area (Å²) in [5.74, 6) is 1.63. The number of piperidine rings is 1. The number of nitrogens with zero attached hydrogens (tertiary/aromatic N) is 3. The summed E-state index contributed by atoms with van der Waals surface area (Å²) in [5, 5.41) is 2.85. The summed E-state index contributed by atoms with van der Waals surface area (Å²) in [7, 11) is 0. The van der Waals surface area contributed by atoms with E-state index in [0.29, 0.717) is 28.7 Å². The number of para-hydroxylation sites is 2. The first-order valence-electron chi connectivity index (χ1n) is 9.50. The Hall–Kier alpha value is -3.41. The predicted molar refractivity (Wildman–Crippen MR) is 109 cm³/mol. The van der Waals surface area contributed by atoms with Crippen molar-refractivity contribution in [1.82, 2.24) is 9.97 Å². The van der Waals surface area contributed by atoms with Crippen LogP contribution < -0.4 is 15.0 Å². The van der Waals surface area contributed by atoms with E-state index in [0.717, 1.165) is 13.1 Å². The Morgan fingerprint density at radius 3 is 2.32 bits per heavy atom. The van der Waals surface area contributed by atoms with Crippen LogP contribution in [0.2, 0.25) is 0 Å². The minimum Gasteiger partial charge on any atom is -0.457 e. The number of hydrogen-bond donors (Lipinski definition) is 1. The largest absolute Gasteiger partial charge is 0.457 e. The zero-order valence-corrected chi connectivity index (χ0v) is 15.5. The molecule has 0 spiro atoms. The van der Waals surface area contributed by atoms with Gasteiger partial charge in [-0.05, 0) is 43.5 Å². The number of amides is 1. The Balaban J connectivity index is 1.46. The van der Waals surface area contributed by atoms with Gasteiger partial charge in [0.05, 0.1) is 23.6 Å². The number of carbonyl (C=O) groups excluding carboxylic acids is 1. The fraction of sp³-hybridized carbons (Fsp3) is 0.227. The Morgan fingerprint density at radius 1 is 0.893 bits per heavy atom. The summed E-state index contributed by atoms with van der Waals surface area (Å²) in [6.45, 7) is 1.96. The van der Waals surface area contributed by atoms with Gasteiger partial charge in [-0.15, -0.1) is 0 Å². The average Bonchev–Trinajstić information content (AvgIpc) is 2.76. The van der Waals surface area contributed by atoms with Gasteiger partial charge in [-0.25, -0.2) is 9.97 Å². The van der Waals surface area contributed by atoms with E-state index < -0.39 is 0 Å². The Kier molecular flexibility index (Phi) is 5.47. The summed E-state index contributed by atoms with van der Waals surface area (Å²) in [5.41, 5.74) is 1.01. The summed E-state index contributed by atoms with van der Waals surface area (Å²) in [6.07, 6.45) is 6.89. The van der Waals surface area contributed by atoms with Gasteiger partial charge >= 0.3 is 0 Å². The molecule has 1 aliphatic heterocycles. The van der Waals surface area contributed by atoms with E-state index in [9.17, 15) is 4.79 Å². The lowest BCUT2D eigenvalue weighted by Crippen LogP contribution is -2.30. The molecule has 6 heteroatoms. The normalized spacial score (nSPS) is 13.8. The van der Waals surface area contributed by atoms with Gasteiger partial charge in [0.25, 0.3) is 5.91 Å². The van der Waals surface area contributed by atoms with Crippen LogP contribution in [0.3, 0.4) is 0 Å². The fourth-order valence-electron chi connectivity index (χ4n) is 3.20. The quantitative estimate of drug-likeness (QED) is 0.712. The fourth-order valence-corrected chi connectivity index (χ4v) is 3.20. The number of aromatic nitrogens is 2. The number of ether oxygens (including phenoxy) is 1. The standard InChI is InChI=1S/C22H22N4O2/c27-21(19-11-5-6-12-20(19)28-18-9-3-1-4-10-18)25-17-15-23-22(24-16-17)26-13-7-2-8-14-26/h1,3-6,9-12,15-16H,2,7-8,13-14H2,(H,25,27). The first-order valence-corrected chi connectivity index (χ1v) is 9.50. The van der Waals surface area contributed by atoms with Crippen LogP contribution in [-0.4, -0.2) is 29.0 Å². The highest BCUT2D eigenvalue weighted by Gasteiger charge is 2.15. The van der Waals surface area contributed by atoms with Crippen molar-refractivity contribution in [2.75, 3.05) is 23.3 Å². The molecule has 1 N–H and O–H groups in total. The number of anilines is 2. The summed E-state index contributed by atoms with van der Waals surface area (Å²) >= 11 is 0. The zero-order chi connectivity index (χ0) is 19.2. The van der Waals surface area contributed by atoms with Crippen LogP contribution in [0.1, 0.15) is 29.6 Å². The van der Waals surface area contributed by atoms with E-state index in [1.807, 2.05) is 42.5 Å². The molecule has 1 aliphatic rings. The van der Waals surface area contributed by atoms with Crippen LogP contribution in [0.4, 0.5) is 11.6 Å². The molecule has 4 rings (SSSR count). The van der Waals surface area contributed by atoms with Crippen LogP contribution in [0.15, 0.2) is 67.0 Å². The van der Waals surface area contributed by atoms with Gasteiger partial charge in [-0.3, -0.25) is 4.79 Å². The van der Waals surface area contributed by atoms with Crippen molar-refractivity contribution in [3.63, 3.8) is 0 Å². The molecule has 1 fully saturated rings. The lowest BCUT2D eigenvalue weighted by Gasteiger charge is -2.26. The molecule has 0 unspecified atom stereocenters. The number of benzene rings is 2. The maximum atomic E-state index is 12.8. The molecule has 0 saturated carbocycles. The second-order valence-electron chi connectivity index (χ2n) is 6.68. The van der Waals surface area contributed by atoms with E-state index in [-0.39, 0.29) is 5.91 Å². The summed E-state index contributed by atoms with van der Waals surface area (Å²) < 4.78 is 5.87. The molecular weight excluding hydrogens is 352 g/mol. The third-order valence-electron chi connectivity index (χ3n) is 4.64. The minimum atomic E-state index is -0.263. The van der Waals surface area contributed by atoms with Gasteiger partial charge in [0.2, 0.25) is 5.95 Å². The maximum absolute atomic E-state index is 12.8. The van der Waals surface area contributed by atoms with Gasteiger partial charge < -0.3 is 15.0 Å². The van der Waals surface area contributed by atoms with Crippen molar-refractivity contribution in [2.24, 2.45) is 0 Å². The molecule has 3 aromatic rings. The molecule has 1 aromatic heterocycles. The summed E-state index contributed by atoms with van der Waals surface area (Å²) in [4.78, 5) is 23.7. The lowest BCUT2D eigenvalue weighted by atomic mass is 10.1. The van der Waals surface area contributed by atoms with E-state index in [2.05, 4.69) is 20.2 Å². The second kappa shape index (κ2) is 8.52. The molecule has 0 bridgehead atoms. The molecule has 142 valence electrons. The van der Waals surface area contributed by atoms with Crippen molar-refractivity contribution in [3.8, 4) is 11.5 Å². The monoisotopic (exact) mass is 374 g/mol. The van der Waals surface area contributed by atoms with E-state index >= 15 is 0 Å². The van der Waals surface area contributed by atoms with Crippen LogP contribution in [0, 0.1) is 0 Å². The SMILES string of the molecule is O=C(Nc1cnc(N2CCCCC2)nc1)c1ccccc1Oc1ccccc1. The van der Waals surface area contributed by atoms with E-state index in [1.54, 1.807) is 24.5 Å². The lowest BCUT2D eigenvalue weighted by molar-refractivity contribution is 0.102. The predicted octanol–water partition coefficient (Wildman–Crippen LogP) is 4.51. The zero-order valence-electron chi connectivity index (χ0n) is 15.5. The van der Waals surface area contributed by atoms with Crippen LogP contribution in [-0.2, 0) is 0 Å². The highest BCUT2D eigenvalue weighted by atomic mass is 16.5. The number of nitrogens with one attached hydrogen (secondary N) is 1. The van der Waals surface area contributed by atoms with Gasteiger partial charge in [0.1, 0.15) is 11.5 Å². The number of hydrogen-bond acceptors (Lipinski definition) is 5. The maximum Gasteiger partial charge on any atom is 0.259 e. The second-order valence-corrected chi connectivity index (χ2v) is 6.68. The van der Waals surface area contributed by atoms with E-state index in [4.69, 9.17) is 4.74 Å². The molecule has 0 radical (unpaired) electrons. The van der Waals surface area contributed by atoms with Crippen LogP contribution in [0.5, 0.6) is 11.5 Å². The van der Waals surface area contributed by atoms with Crippen LogP contribution in [0.25, 0.3) is 0 Å². The minimum absolute atomic E-state index is 0.263. The topological polar surface area (TPSA) is 67.4 Å². The van der Waals surface area contributed by atoms with Crippen LogP contribution >= 0.6 is 0 Å². The molecule has 0 atom stereocenters. The molecule has 0 aliphatic carbocycles. The first-order chi connectivity index (χ1) is 13.8. The average molecular weight is 374 g/mol. The molecule has 6 nitrogen and oxygen atoms in total. The molecule has 1 amide bonds.